The lowest BCUT2D eigenvalue weighted by Gasteiger charge is -2.24. The Hall–Kier alpha value is -1.79. The van der Waals surface area contributed by atoms with Crippen molar-refractivity contribution in [2.24, 2.45) is 5.92 Å². The summed E-state index contributed by atoms with van der Waals surface area (Å²) >= 11 is 0. The molecule has 1 saturated heterocycles. The number of rotatable bonds is 2. The summed E-state index contributed by atoms with van der Waals surface area (Å²) < 4.78 is 43.4. The van der Waals surface area contributed by atoms with E-state index in [1.165, 1.54) is 6.20 Å². The molecule has 2 heterocycles. The van der Waals surface area contributed by atoms with Crippen molar-refractivity contribution in [2.75, 3.05) is 13.1 Å². The highest BCUT2D eigenvalue weighted by atomic mass is 19.4. The van der Waals surface area contributed by atoms with E-state index in [2.05, 4.69) is 4.98 Å². The summed E-state index contributed by atoms with van der Waals surface area (Å²) in [6, 6.07) is 1.13. The van der Waals surface area contributed by atoms with Gasteiger partial charge in [0.1, 0.15) is 5.60 Å². The number of hydrogen-bond donors (Lipinski definition) is 0. The summed E-state index contributed by atoms with van der Waals surface area (Å²) in [6.07, 6.45) is -1.27. The van der Waals surface area contributed by atoms with Gasteiger partial charge in [-0.3, -0.25) is 4.98 Å². The third-order valence-corrected chi connectivity index (χ3v) is 3.58. The van der Waals surface area contributed by atoms with E-state index in [9.17, 15) is 18.0 Å². The highest BCUT2D eigenvalue weighted by Gasteiger charge is 2.32. The van der Waals surface area contributed by atoms with E-state index in [0.717, 1.165) is 18.7 Å². The topological polar surface area (TPSA) is 42.4 Å². The van der Waals surface area contributed by atoms with E-state index in [-0.39, 0.29) is 12.0 Å². The van der Waals surface area contributed by atoms with Gasteiger partial charge in [-0.2, -0.15) is 13.2 Å². The second-order valence-electron chi connectivity index (χ2n) is 6.86. The lowest BCUT2D eigenvalue weighted by molar-refractivity contribution is -0.137. The summed E-state index contributed by atoms with van der Waals surface area (Å²) in [5.74, 6) is 0.118. The molecule has 1 aliphatic heterocycles. The highest BCUT2D eigenvalue weighted by molar-refractivity contribution is 5.68. The molecule has 2 rings (SSSR count). The molecule has 0 bridgehead atoms. The summed E-state index contributed by atoms with van der Waals surface area (Å²) in [7, 11) is 0. The Balaban J connectivity index is 1.95. The van der Waals surface area contributed by atoms with Crippen LogP contribution in [0.15, 0.2) is 18.5 Å². The number of nitrogens with zero attached hydrogens (tertiary/aromatic N) is 2. The van der Waals surface area contributed by atoms with Crippen molar-refractivity contribution in [2.45, 2.75) is 45.4 Å². The largest absolute Gasteiger partial charge is 0.444 e. The maximum atomic E-state index is 12.7. The molecule has 4 nitrogen and oxygen atoms in total. The standard InChI is InChI=1S/C16H21F3N2O2/c1-15(2,3)23-14(22)21-5-4-11(10-21)6-12-7-13(9-20-8-12)16(17,18)19/h7-9,11H,4-6,10H2,1-3H3/t11-/m1/s1. The van der Waals surface area contributed by atoms with Gasteiger partial charge >= 0.3 is 12.3 Å². The number of halogens is 3. The molecule has 0 aromatic carbocycles. The van der Waals surface area contributed by atoms with Gasteiger partial charge in [0.05, 0.1) is 5.56 Å². The second-order valence-corrected chi connectivity index (χ2v) is 6.86. The molecule has 0 N–H and O–H groups in total. The SMILES string of the molecule is CC(C)(C)OC(=O)N1CC[C@H](Cc2cncc(C(F)(F)F)c2)C1. The van der Waals surface area contributed by atoms with Gasteiger partial charge in [0, 0.05) is 25.5 Å². The first-order valence-corrected chi connectivity index (χ1v) is 7.53. The van der Waals surface area contributed by atoms with Gasteiger partial charge in [-0.1, -0.05) is 0 Å². The van der Waals surface area contributed by atoms with Crippen LogP contribution in [-0.2, 0) is 17.3 Å². The van der Waals surface area contributed by atoms with Gasteiger partial charge in [-0.25, -0.2) is 4.79 Å². The van der Waals surface area contributed by atoms with Crippen molar-refractivity contribution in [3.05, 3.63) is 29.6 Å². The van der Waals surface area contributed by atoms with Crippen molar-refractivity contribution in [3.63, 3.8) is 0 Å². The molecule has 1 fully saturated rings. The minimum Gasteiger partial charge on any atom is -0.444 e. The molecular weight excluding hydrogens is 309 g/mol. The molecule has 0 unspecified atom stereocenters. The zero-order chi connectivity index (χ0) is 17.3. The smallest absolute Gasteiger partial charge is 0.417 e. The van der Waals surface area contributed by atoms with Crippen LogP contribution in [0.1, 0.15) is 38.3 Å². The fraction of sp³-hybridized carbons (Fsp3) is 0.625. The Morgan fingerprint density at radius 1 is 1.35 bits per heavy atom. The Labute approximate surface area is 133 Å². The first-order valence-electron chi connectivity index (χ1n) is 7.53. The van der Waals surface area contributed by atoms with Gasteiger partial charge in [-0.05, 0) is 51.2 Å². The number of amides is 1. The van der Waals surface area contributed by atoms with E-state index in [1.807, 2.05) is 0 Å². The molecule has 0 radical (unpaired) electrons. The van der Waals surface area contributed by atoms with Gasteiger partial charge in [-0.15, -0.1) is 0 Å². The summed E-state index contributed by atoms with van der Waals surface area (Å²) in [5, 5.41) is 0. The molecule has 1 aliphatic rings. The van der Waals surface area contributed by atoms with Crippen LogP contribution in [0.25, 0.3) is 0 Å². The molecular formula is C16H21F3N2O2. The number of hydrogen-bond acceptors (Lipinski definition) is 3. The number of likely N-dealkylation sites (tertiary alicyclic amines) is 1. The second kappa shape index (κ2) is 6.37. The van der Waals surface area contributed by atoms with Crippen molar-refractivity contribution in [1.29, 1.82) is 0 Å². The summed E-state index contributed by atoms with van der Waals surface area (Å²) in [5.41, 5.74) is -0.756. The van der Waals surface area contributed by atoms with E-state index in [4.69, 9.17) is 4.74 Å². The molecule has 7 heteroatoms. The van der Waals surface area contributed by atoms with Crippen LogP contribution in [0, 0.1) is 5.92 Å². The number of carbonyl (C=O) groups excluding carboxylic acids is 1. The number of aromatic nitrogens is 1. The first-order chi connectivity index (χ1) is 10.5. The van der Waals surface area contributed by atoms with Crippen LogP contribution in [0.4, 0.5) is 18.0 Å². The number of pyridine rings is 1. The third kappa shape index (κ3) is 5.11. The molecule has 128 valence electrons. The van der Waals surface area contributed by atoms with Crippen molar-refractivity contribution in [3.8, 4) is 0 Å². The van der Waals surface area contributed by atoms with E-state index in [0.29, 0.717) is 25.1 Å². The third-order valence-electron chi connectivity index (χ3n) is 3.58. The van der Waals surface area contributed by atoms with Crippen molar-refractivity contribution >= 4 is 6.09 Å². The average molecular weight is 330 g/mol. The van der Waals surface area contributed by atoms with Crippen LogP contribution in [0.5, 0.6) is 0 Å². The fourth-order valence-electron chi connectivity index (χ4n) is 2.58. The highest BCUT2D eigenvalue weighted by Crippen LogP contribution is 2.30. The summed E-state index contributed by atoms with van der Waals surface area (Å²) in [4.78, 5) is 17.3. The lowest BCUT2D eigenvalue weighted by atomic mass is 9.99. The van der Waals surface area contributed by atoms with E-state index < -0.39 is 17.3 Å². The molecule has 1 amide bonds. The van der Waals surface area contributed by atoms with Crippen LogP contribution in [0.3, 0.4) is 0 Å². The van der Waals surface area contributed by atoms with Crippen LogP contribution < -0.4 is 0 Å². The Morgan fingerprint density at radius 2 is 2.04 bits per heavy atom. The number of carbonyl (C=O) groups is 1. The number of alkyl halides is 3. The predicted molar refractivity (Wildman–Crippen MR) is 78.9 cm³/mol. The maximum Gasteiger partial charge on any atom is 0.417 e. The molecule has 0 spiro atoms. The van der Waals surface area contributed by atoms with Gasteiger partial charge in [0.25, 0.3) is 0 Å². The molecule has 23 heavy (non-hydrogen) atoms. The molecule has 1 aromatic rings. The van der Waals surface area contributed by atoms with E-state index >= 15 is 0 Å². The molecule has 1 aromatic heterocycles. The van der Waals surface area contributed by atoms with Crippen LogP contribution in [0.2, 0.25) is 0 Å². The van der Waals surface area contributed by atoms with Crippen molar-refractivity contribution < 1.29 is 22.7 Å². The minimum atomic E-state index is -4.39. The predicted octanol–water partition coefficient (Wildman–Crippen LogP) is 3.90. The minimum absolute atomic E-state index is 0.118. The molecule has 1 atom stereocenters. The van der Waals surface area contributed by atoms with Gasteiger partial charge in [0.2, 0.25) is 0 Å². The van der Waals surface area contributed by atoms with Crippen LogP contribution >= 0.6 is 0 Å². The maximum absolute atomic E-state index is 12.7. The first kappa shape index (κ1) is 17.6. The van der Waals surface area contributed by atoms with E-state index in [1.54, 1.807) is 25.7 Å². The zero-order valence-corrected chi connectivity index (χ0v) is 13.5. The molecule has 0 aliphatic carbocycles. The normalized spacial score (nSPS) is 19.0. The number of ether oxygens (including phenoxy) is 1. The Kier molecular flexibility index (Phi) is 4.87. The average Bonchev–Trinajstić information content (AvgIpc) is 2.85. The zero-order valence-electron chi connectivity index (χ0n) is 13.5. The molecule has 0 saturated carbocycles. The van der Waals surface area contributed by atoms with Gasteiger partial charge < -0.3 is 9.64 Å². The van der Waals surface area contributed by atoms with Gasteiger partial charge in [0.15, 0.2) is 0 Å². The lowest BCUT2D eigenvalue weighted by Crippen LogP contribution is -2.35. The Morgan fingerprint density at radius 3 is 2.65 bits per heavy atom. The quantitative estimate of drug-likeness (QED) is 0.826. The summed E-state index contributed by atoms with van der Waals surface area (Å²) in [6.45, 7) is 6.45. The fourth-order valence-corrected chi connectivity index (χ4v) is 2.58. The van der Waals surface area contributed by atoms with Crippen LogP contribution in [-0.4, -0.2) is 34.7 Å². The van der Waals surface area contributed by atoms with Crippen molar-refractivity contribution in [1.82, 2.24) is 9.88 Å². The Bertz CT molecular complexity index is 567. The monoisotopic (exact) mass is 330 g/mol.